The van der Waals surface area contributed by atoms with Crippen molar-refractivity contribution in [3.63, 3.8) is 0 Å². The first kappa shape index (κ1) is 19.1. The zero-order valence-corrected chi connectivity index (χ0v) is 16.2. The molecular weight excluding hydrogens is 288 g/mol. The van der Waals surface area contributed by atoms with Crippen LogP contribution in [0.15, 0.2) is 35.9 Å². The van der Waals surface area contributed by atoms with Gasteiger partial charge in [-0.1, -0.05) is 71.0 Å². The average molecular weight is 321 g/mol. The average Bonchev–Trinajstić information content (AvgIpc) is 2.42. The number of aliphatic hydroxyl groups is 1. The Morgan fingerprint density at radius 2 is 1.73 bits per heavy atom. The number of rotatable bonds is 6. The molecule has 1 aromatic rings. The van der Waals surface area contributed by atoms with Crippen LogP contribution >= 0.6 is 0 Å². The minimum absolute atomic E-state index is 0.174. The molecule has 0 aliphatic heterocycles. The van der Waals surface area contributed by atoms with Crippen molar-refractivity contribution >= 4 is 14.4 Å². The van der Waals surface area contributed by atoms with E-state index in [4.69, 9.17) is 4.43 Å². The Kier molecular flexibility index (Phi) is 6.60. The molecule has 1 aromatic carbocycles. The third kappa shape index (κ3) is 5.38. The first-order chi connectivity index (χ1) is 10.0. The monoisotopic (exact) mass is 320 g/mol. The first-order valence-electron chi connectivity index (χ1n) is 8.12. The van der Waals surface area contributed by atoms with Gasteiger partial charge in [-0.2, -0.15) is 0 Å². The molecule has 0 aromatic heterocycles. The van der Waals surface area contributed by atoms with Crippen LogP contribution in [0, 0.1) is 5.92 Å². The lowest BCUT2D eigenvalue weighted by molar-refractivity contribution is 0.145. The van der Waals surface area contributed by atoms with Crippen LogP contribution in [0.4, 0.5) is 0 Å². The number of benzene rings is 1. The second-order valence-electron chi connectivity index (χ2n) is 7.87. The van der Waals surface area contributed by atoms with E-state index in [2.05, 4.69) is 52.1 Å². The fourth-order valence-corrected chi connectivity index (χ4v) is 2.84. The third-order valence-electron chi connectivity index (χ3n) is 4.57. The van der Waals surface area contributed by atoms with Crippen molar-refractivity contribution in [1.82, 2.24) is 0 Å². The lowest BCUT2D eigenvalue weighted by Crippen LogP contribution is -2.42. The molecule has 0 spiro atoms. The molecule has 3 heteroatoms. The van der Waals surface area contributed by atoms with Crippen LogP contribution in [0.1, 0.15) is 40.2 Å². The van der Waals surface area contributed by atoms with E-state index in [9.17, 15) is 5.11 Å². The summed E-state index contributed by atoms with van der Waals surface area (Å²) in [6, 6.07) is 10.1. The van der Waals surface area contributed by atoms with Gasteiger partial charge < -0.3 is 9.53 Å². The van der Waals surface area contributed by atoms with Crippen LogP contribution in [-0.4, -0.2) is 26.1 Å². The van der Waals surface area contributed by atoms with Crippen LogP contribution in [0.3, 0.4) is 0 Å². The Morgan fingerprint density at radius 1 is 1.18 bits per heavy atom. The van der Waals surface area contributed by atoms with Gasteiger partial charge in [0.1, 0.15) is 0 Å². The highest BCUT2D eigenvalue weighted by Gasteiger charge is 2.37. The molecular formula is C19H32O2Si. The van der Waals surface area contributed by atoms with Crippen molar-refractivity contribution in [3.05, 3.63) is 41.5 Å². The Balaban J connectivity index is 2.96. The maximum absolute atomic E-state index is 10.5. The fraction of sp³-hybridized carbons (Fsp3) is 0.579. The van der Waals surface area contributed by atoms with Gasteiger partial charge in [-0.3, -0.25) is 0 Å². The largest absolute Gasteiger partial charge is 0.413 e. The van der Waals surface area contributed by atoms with Crippen LogP contribution in [-0.2, 0) is 4.43 Å². The molecule has 0 saturated heterocycles. The van der Waals surface area contributed by atoms with Crippen LogP contribution < -0.4 is 0 Å². The van der Waals surface area contributed by atoms with Crippen molar-refractivity contribution in [2.24, 2.45) is 5.92 Å². The molecule has 0 unspecified atom stereocenters. The van der Waals surface area contributed by atoms with Gasteiger partial charge >= 0.3 is 0 Å². The van der Waals surface area contributed by atoms with E-state index in [1.54, 1.807) is 0 Å². The molecule has 1 N–H and O–H groups in total. The number of hydrogen-bond acceptors (Lipinski definition) is 2. The molecule has 0 aliphatic carbocycles. The summed E-state index contributed by atoms with van der Waals surface area (Å²) < 4.78 is 6.31. The smallest absolute Gasteiger partial charge is 0.192 e. The summed E-state index contributed by atoms with van der Waals surface area (Å²) in [4.78, 5) is 0. The lowest BCUT2D eigenvalue weighted by atomic mass is 9.97. The lowest BCUT2D eigenvalue weighted by Gasteiger charge is -2.37. The van der Waals surface area contributed by atoms with Crippen molar-refractivity contribution in [2.45, 2.75) is 58.9 Å². The SMILES string of the molecule is CC(C)[C@@H](O)/C(=C/c1ccccc1)CO[Si](C)(C)C(C)(C)C. The topological polar surface area (TPSA) is 29.5 Å². The van der Waals surface area contributed by atoms with E-state index in [1.807, 2.05) is 32.0 Å². The quantitative estimate of drug-likeness (QED) is 0.738. The Hall–Kier alpha value is -0.903. The molecule has 0 heterocycles. The molecule has 0 fully saturated rings. The van der Waals surface area contributed by atoms with E-state index in [0.29, 0.717) is 6.61 Å². The summed E-state index contributed by atoms with van der Waals surface area (Å²) in [5, 5.41) is 10.7. The molecule has 0 amide bonds. The maximum Gasteiger partial charge on any atom is 0.192 e. The fourth-order valence-electron chi connectivity index (χ4n) is 1.88. The number of hydrogen-bond donors (Lipinski definition) is 1. The number of aliphatic hydroxyl groups excluding tert-OH is 1. The van der Waals surface area contributed by atoms with Crippen molar-refractivity contribution < 1.29 is 9.53 Å². The third-order valence-corrected chi connectivity index (χ3v) is 9.05. The summed E-state index contributed by atoms with van der Waals surface area (Å²) in [5.74, 6) is 0.179. The van der Waals surface area contributed by atoms with Gasteiger partial charge in [0.05, 0.1) is 12.7 Å². The van der Waals surface area contributed by atoms with Gasteiger partial charge in [-0.25, -0.2) is 0 Å². The van der Waals surface area contributed by atoms with Gasteiger partial charge in [0, 0.05) is 0 Å². The molecule has 1 rings (SSSR count). The highest BCUT2D eigenvalue weighted by Crippen LogP contribution is 2.37. The highest BCUT2D eigenvalue weighted by atomic mass is 28.4. The normalized spacial score (nSPS) is 15.2. The van der Waals surface area contributed by atoms with E-state index in [-0.39, 0.29) is 11.0 Å². The summed E-state index contributed by atoms with van der Waals surface area (Å²) in [6.45, 7) is 15.8. The first-order valence-corrected chi connectivity index (χ1v) is 11.0. The zero-order chi connectivity index (χ0) is 17.0. The summed E-state index contributed by atoms with van der Waals surface area (Å²) >= 11 is 0. The standard InChI is InChI=1S/C19H32O2Si/c1-15(2)18(20)17(13-16-11-9-8-10-12-16)14-21-22(6,7)19(3,4)5/h8-13,15,18,20H,14H2,1-7H3/b17-13+/t18-/m1/s1. The maximum atomic E-state index is 10.5. The molecule has 2 nitrogen and oxygen atoms in total. The van der Waals surface area contributed by atoms with Gasteiger partial charge in [0.2, 0.25) is 0 Å². The predicted molar refractivity (Wildman–Crippen MR) is 98.4 cm³/mol. The molecule has 0 aliphatic rings. The minimum atomic E-state index is -1.82. The minimum Gasteiger partial charge on any atom is -0.413 e. The Bertz CT molecular complexity index is 484. The van der Waals surface area contributed by atoms with Gasteiger partial charge in [0.15, 0.2) is 8.32 Å². The van der Waals surface area contributed by atoms with Gasteiger partial charge in [-0.05, 0) is 35.2 Å². The summed E-state index contributed by atoms with van der Waals surface area (Å²) in [6.07, 6.45) is 1.60. The Labute approximate surface area is 137 Å². The molecule has 22 heavy (non-hydrogen) atoms. The zero-order valence-electron chi connectivity index (χ0n) is 15.2. The van der Waals surface area contributed by atoms with Crippen LogP contribution in [0.25, 0.3) is 6.08 Å². The van der Waals surface area contributed by atoms with E-state index in [1.165, 1.54) is 0 Å². The summed E-state index contributed by atoms with van der Waals surface area (Å²) in [5.41, 5.74) is 2.07. The van der Waals surface area contributed by atoms with Crippen molar-refractivity contribution in [3.8, 4) is 0 Å². The second kappa shape index (κ2) is 7.58. The Morgan fingerprint density at radius 3 is 2.18 bits per heavy atom. The van der Waals surface area contributed by atoms with Gasteiger partial charge in [-0.15, -0.1) is 0 Å². The molecule has 0 radical (unpaired) electrons. The molecule has 0 saturated carbocycles. The van der Waals surface area contributed by atoms with E-state index < -0.39 is 14.4 Å². The van der Waals surface area contributed by atoms with Gasteiger partial charge in [0.25, 0.3) is 0 Å². The van der Waals surface area contributed by atoms with Crippen LogP contribution in [0.2, 0.25) is 18.1 Å². The van der Waals surface area contributed by atoms with E-state index in [0.717, 1.165) is 11.1 Å². The summed E-state index contributed by atoms with van der Waals surface area (Å²) in [7, 11) is -1.82. The second-order valence-corrected chi connectivity index (χ2v) is 12.7. The molecule has 0 bridgehead atoms. The van der Waals surface area contributed by atoms with E-state index >= 15 is 0 Å². The van der Waals surface area contributed by atoms with Crippen molar-refractivity contribution in [1.29, 1.82) is 0 Å². The molecule has 1 atom stereocenters. The highest BCUT2D eigenvalue weighted by molar-refractivity contribution is 6.74. The molecule has 124 valence electrons. The van der Waals surface area contributed by atoms with Crippen LogP contribution in [0.5, 0.6) is 0 Å². The van der Waals surface area contributed by atoms with Crippen molar-refractivity contribution in [2.75, 3.05) is 6.61 Å². The predicted octanol–water partition coefficient (Wildman–Crippen LogP) is 5.11.